The smallest absolute Gasteiger partial charge is 0.317 e. The van der Waals surface area contributed by atoms with Crippen molar-refractivity contribution in [3.8, 4) is 0 Å². The third-order valence-electron chi connectivity index (χ3n) is 3.27. The van der Waals surface area contributed by atoms with Crippen LogP contribution in [0.15, 0.2) is 24.3 Å². The zero-order valence-corrected chi connectivity index (χ0v) is 13.0. The molecule has 0 atom stereocenters. The maximum atomic E-state index is 10.9. The number of carboxylic acids is 1. The molecule has 0 aliphatic heterocycles. The van der Waals surface area contributed by atoms with E-state index in [4.69, 9.17) is 5.11 Å². The summed E-state index contributed by atoms with van der Waals surface area (Å²) in [6.07, 6.45) is 0. The first-order valence-electron chi connectivity index (χ1n) is 7.06. The lowest BCUT2D eigenvalue weighted by atomic mass is 10.0. The molecule has 1 aromatic rings. The van der Waals surface area contributed by atoms with E-state index in [1.54, 1.807) is 0 Å². The van der Waals surface area contributed by atoms with Gasteiger partial charge in [0.05, 0.1) is 6.54 Å². The summed E-state index contributed by atoms with van der Waals surface area (Å²) in [5, 5.41) is 8.99. The molecule has 20 heavy (non-hydrogen) atoms. The molecular formula is C16H26N2O2. The Kier molecular flexibility index (Phi) is 6.68. The van der Waals surface area contributed by atoms with E-state index in [1.165, 1.54) is 5.56 Å². The Balaban J connectivity index is 2.65. The van der Waals surface area contributed by atoms with Gasteiger partial charge in [0.25, 0.3) is 0 Å². The van der Waals surface area contributed by atoms with E-state index < -0.39 is 5.97 Å². The van der Waals surface area contributed by atoms with Crippen molar-refractivity contribution in [2.75, 3.05) is 33.7 Å². The van der Waals surface area contributed by atoms with Crippen LogP contribution in [0.2, 0.25) is 0 Å². The van der Waals surface area contributed by atoms with E-state index in [2.05, 4.69) is 43.0 Å². The largest absolute Gasteiger partial charge is 0.480 e. The molecule has 0 aliphatic carbocycles. The zero-order valence-electron chi connectivity index (χ0n) is 13.0. The van der Waals surface area contributed by atoms with Gasteiger partial charge in [-0.05, 0) is 31.1 Å². The van der Waals surface area contributed by atoms with Crippen LogP contribution in [0.4, 0.5) is 0 Å². The van der Waals surface area contributed by atoms with Gasteiger partial charge in [0.15, 0.2) is 0 Å². The summed E-state index contributed by atoms with van der Waals surface area (Å²) in [5.41, 5.74) is 2.47. The third-order valence-corrected chi connectivity index (χ3v) is 3.27. The van der Waals surface area contributed by atoms with Crippen LogP contribution in [0.3, 0.4) is 0 Å². The highest BCUT2D eigenvalue weighted by Gasteiger charge is 2.11. The molecule has 0 saturated carbocycles. The van der Waals surface area contributed by atoms with Crippen molar-refractivity contribution < 1.29 is 9.90 Å². The van der Waals surface area contributed by atoms with Crippen molar-refractivity contribution in [3.63, 3.8) is 0 Å². The highest BCUT2D eigenvalue weighted by atomic mass is 16.4. The van der Waals surface area contributed by atoms with Gasteiger partial charge in [-0.1, -0.05) is 38.1 Å². The highest BCUT2D eigenvalue weighted by molar-refractivity contribution is 5.69. The number of carbonyl (C=O) groups is 1. The first-order chi connectivity index (χ1) is 9.38. The molecule has 112 valence electrons. The fourth-order valence-corrected chi connectivity index (χ4v) is 2.01. The Morgan fingerprint density at radius 3 is 2.20 bits per heavy atom. The predicted molar refractivity (Wildman–Crippen MR) is 82.0 cm³/mol. The van der Waals surface area contributed by atoms with E-state index >= 15 is 0 Å². The Morgan fingerprint density at radius 2 is 1.75 bits per heavy atom. The van der Waals surface area contributed by atoms with E-state index in [1.807, 2.05) is 19.0 Å². The number of benzene rings is 1. The van der Waals surface area contributed by atoms with Crippen LogP contribution in [0.25, 0.3) is 0 Å². The van der Waals surface area contributed by atoms with Gasteiger partial charge in [-0.2, -0.15) is 0 Å². The number of carboxylic acid groups (broad SMARTS) is 1. The minimum Gasteiger partial charge on any atom is -0.480 e. The van der Waals surface area contributed by atoms with E-state index in [0.29, 0.717) is 12.5 Å². The second kappa shape index (κ2) is 8.02. The number of hydrogen-bond donors (Lipinski definition) is 1. The Labute approximate surface area is 122 Å². The molecule has 0 unspecified atom stereocenters. The molecule has 0 saturated heterocycles. The lowest BCUT2D eigenvalue weighted by Crippen LogP contribution is -2.35. The van der Waals surface area contributed by atoms with Crippen LogP contribution in [0.1, 0.15) is 30.9 Å². The van der Waals surface area contributed by atoms with Gasteiger partial charge < -0.3 is 10.0 Å². The van der Waals surface area contributed by atoms with Crippen molar-refractivity contribution in [1.82, 2.24) is 9.80 Å². The summed E-state index contributed by atoms with van der Waals surface area (Å²) in [4.78, 5) is 15.0. The highest BCUT2D eigenvalue weighted by Crippen LogP contribution is 2.15. The first-order valence-corrected chi connectivity index (χ1v) is 7.06. The summed E-state index contributed by atoms with van der Waals surface area (Å²) in [5.74, 6) is -0.254. The average Bonchev–Trinajstić information content (AvgIpc) is 2.36. The van der Waals surface area contributed by atoms with Crippen molar-refractivity contribution >= 4 is 5.97 Å². The number of nitrogens with zero attached hydrogens (tertiary/aromatic N) is 2. The van der Waals surface area contributed by atoms with Gasteiger partial charge in [-0.25, -0.2) is 0 Å². The van der Waals surface area contributed by atoms with Crippen LogP contribution < -0.4 is 0 Å². The zero-order chi connectivity index (χ0) is 15.1. The van der Waals surface area contributed by atoms with Gasteiger partial charge in [0.2, 0.25) is 0 Å². The summed E-state index contributed by atoms with van der Waals surface area (Å²) in [6, 6.07) is 8.45. The lowest BCUT2D eigenvalue weighted by Gasteiger charge is -2.22. The summed E-state index contributed by atoms with van der Waals surface area (Å²) in [6.45, 7) is 6.71. The van der Waals surface area contributed by atoms with Crippen molar-refractivity contribution in [3.05, 3.63) is 35.4 Å². The third kappa shape index (κ3) is 6.17. The Morgan fingerprint density at radius 1 is 1.15 bits per heavy atom. The van der Waals surface area contributed by atoms with Gasteiger partial charge in [-0.3, -0.25) is 9.69 Å². The first kappa shape index (κ1) is 16.7. The van der Waals surface area contributed by atoms with E-state index in [-0.39, 0.29) is 6.54 Å². The molecule has 4 heteroatoms. The standard InChI is InChI=1S/C16H26N2O2/c1-13(2)15-7-5-14(6-8-15)11-18(12-16(19)20)10-9-17(3)4/h5-8,13H,9-12H2,1-4H3,(H,19,20). The van der Waals surface area contributed by atoms with Crippen LogP contribution in [0, 0.1) is 0 Å². The molecular weight excluding hydrogens is 252 g/mol. The van der Waals surface area contributed by atoms with Crippen LogP contribution in [0.5, 0.6) is 0 Å². The van der Waals surface area contributed by atoms with Gasteiger partial charge >= 0.3 is 5.97 Å². The summed E-state index contributed by atoms with van der Waals surface area (Å²) in [7, 11) is 3.99. The molecule has 0 radical (unpaired) electrons. The van der Waals surface area contributed by atoms with E-state index in [0.717, 1.165) is 18.7 Å². The number of likely N-dealkylation sites (N-methyl/N-ethyl adjacent to an activating group) is 1. The molecule has 0 fully saturated rings. The van der Waals surface area contributed by atoms with Gasteiger partial charge in [0.1, 0.15) is 0 Å². The maximum Gasteiger partial charge on any atom is 0.317 e. The Hall–Kier alpha value is -1.39. The Bertz CT molecular complexity index is 413. The molecule has 0 bridgehead atoms. The summed E-state index contributed by atoms with van der Waals surface area (Å²) >= 11 is 0. The molecule has 0 heterocycles. The topological polar surface area (TPSA) is 43.8 Å². The second-order valence-corrected chi connectivity index (χ2v) is 5.80. The van der Waals surface area contributed by atoms with Crippen molar-refractivity contribution in [2.24, 2.45) is 0 Å². The number of aliphatic carboxylic acids is 1. The molecule has 0 aromatic heterocycles. The number of hydrogen-bond acceptors (Lipinski definition) is 3. The minimum atomic E-state index is -0.775. The minimum absolute atomic E-state index is 0.0831. The molecule has 0 amide bonds. The molecule has 0 aliphatic rings. The quantitative estimate of drug-likeness (QED) is 0.792. The molecule has 1 aromatic carbocycles. The van der Waals surface area contributed by atoms with Crippen LogP contribution in [-0.4, -0.2) is 54.6 Å². The molecule has 0 spiro atoms. The molecule has 1 rings (SSSR count). The molecule has 4 nitrogen and oxygen atoms in total. The van der Waals surface area contributed by atoms with Gasteiger partial charge in [0, 0.05) is 19.6 Å². The lowest BCUT2D eigenvalue weighted by molar-refractivity contribution is -0.138. The fraction of sp³-hybridized carbons (Fsp3) is 0.562. The monoisotopic (exact) mass is 278 g/mol. The normalized spacial score (nSPS) is 11.6. The molecule has 1 N–H and O–H groups in total. The van der Waals surface area contributed by atoms with Crippen LogP contribution >= 0.6 is 0 Å². The van der Waals surface area contributed by atoms with E-state index in [9.17, 15) is 4.79 Å². The second-order valence-electron chi connectivity index (χ2n) is 5.80. The average molecular weight is 278 g/mol. The maximum absolute atomic E-state index is 10.9. The van der Waals surface area contributed by atoms with Crippen LogP contribution in [-0.2, 0) is 11.3 Å². The number of rotatable bonds is 8. The van der Waals surface area contributed by atoms with Gasteiger partial charge in [-0.15, -0.1) is 0 Å². The van der Waals surface area contributed by atoms with Crippen molar-refractivity contribution in [2.45, 2.75) is 26.3 Å². The summed E-state index contributed by atoms with van der Waals surface area (Å²) < 4.78 is 0. The SMILES string of the molecule is CC(C)c1ccc(CN(CCN(C)C)CC(=O)O)cc1. The fourth-order valence-electron chi connectivity index (χ4n) is 2.01. The van der Waals surface area contributed by atoms with Crippen molar-refractivity contribution in [1.29, 1.82) is 0 Å². The predicted octanol–water partition coefficient (Wildman–Crippen LogP) is 2.26.